The fourth-order valence-electron chi connectivity index (χ4n) is 2.25. The zero-order valence-electron chi connectivity index (χ0n) is 10.7. The molecule has 0 saturated carbocycles. The molecule has 6 nitrogen and oxygen atoms in total. The Balaban J connectivity index is 2.21. The van der Waals surface area contributed by atoms with Crippen molar-refractivity contribution in [3.63, 3.8) is 0 Å². The van der Waals surface area contributed by atoms with Crippen molar-refractivity contribution in [1.82, 2.24) is 10.2 Å². The van der Waals surface area contributed by atoms with Gasteiger partial charge >= 0.3 is 5.97 Å². The van der Waals surface area contributed by atoms with Gasteiger partial charge in [0.05, 0.1) is 6.42 Å². The molecule has 2 rings (SSSR count). The van der Waals surface area contributed by atoms with E-state index in [1.807, 2.05) is 0 Å². The number of halogens is 1. The number of benzene rings is 1. The Morgan fingerprint density at radius 1 is 1.50 bits per heavy atom. The summed E-state index contributed by atoms with van der Waals surface area (Å²) >= 11 is 6.04. The summed E-state index contributed by atoms with van der Waals surface area (Å²) in [6, 6.07) is 4.03. The molecule has 1 heterocycles. The zero-order chi connectivity index (χ0) is 14.7. The van der Waals surface area contributed by atoms with Gasteiger partial charge in [0, 0.05) is 30.2 Å². The molecule has 20 heavy (non-hydrogen) atoms. The van der Waals surface area contributed by atoms with Crippen LogP contribution in [0.25, 0.3) is 0 Å². The van der Waals surface area contributed by atoms with Crippen LogP contribution >= 0.6 is 11.6 Å². The number of amides is 1. The molecule has 1 aliphatic heterocycles. The van der Waals surface area contributed by atoms with Crippen LogP contribution in [0.15, 0.2) is 18.2 Å². The standard InChI is InChI=1S/C13H15ClN2O4/c14-9-2-1-3-11(17)8(9)7-16-5-4-15-13(20)10(16)6-12(18)19/h1-3,10,17H,4-7H2,(H,15,20)(H,18,19). The number of hydrogen-bond donors (Lipinski definition) is 3. The number of nitrogens with zero attached hydrogens (tertiary/aromatic N) is 1. The lowest BCUT2D eigenvalue weighted by atomic mass is 10.1. The number of carboxylic acids is 1. The normalized spacial score (nSPS) is 19.6. The maximum Gasteiger partial charge on any atom is 0.305 e. The molecule has 1 unspecified atom stereocenters. The molecule has 0 radical (unpaired) electrons. The summed E-state index contributed by atoms with van der Waals surface area (Å²) in [6.45, 7) is 1.19. The van der Waals surface area contributed by atoms with E-state index in [2.05, 4.69) is 5.32 Å². The van der Waals surface area contributed by atoms with E-state index < -0.39 is 12.0 Å². The highest BCUT2D eigenvalue weighted by atomic mass is 35.5. The van der Waals surface area contributed by atoms with Crippen LogP contribution in [-0.2, 0) is 16.1 Å². The average Bonchev–Trinajstić information content (AvgIpc) is 2.37. The summed E-state index contributed by atoms with van der Waals surface area (Å²) in [5.41, 5.74) is 0.499. The predicted molar refractivity (Wildman–Crippen MR) is 72.6 cm³/mol. The van der Waals surface area contributed by atoms with Crippen molar-refractivity contribution in [3.8, 4) is 5.75 Å². The van der Waals surface area contributed by atoms with Crippen LogP contribution in [-0.4, -0.2) is 46.1 Å². The molecule has 3 N–H and O–H groups in total. The maximum atomic E-state index is 11.8. The monoisotopic (exact) mass is 298 g/mol. The van der Waals surface area contributed by atoms with Gasteiger partial charge in [-0.05, 0) is 12.1 Å². The Morgan fingerprint density at radius 3 is 2.90 bits per heavy atom. The first kappa shape index (κ1) is 14.6. The minimum absolute atomic E-state index is 0.0394. The molecule has 0 aromatic heterocycles. The number of hydrogen-bond acceptors (Lipinski definition) is 4. The topological polar surface area (TPSA) is 89.9 Å². The lowest BCUT2D eigenvalue weighted by Gasteiger charge is -2.34. The van der Waals surface area contributed by atoms with Gasteiger partial charge in [0.25, 0.3) is 0 Å². The number of rotatable bonds is 4. The fraction of sp³-hybridized carbons (Fsp3) is 0.385. The highest BCUT2D eigenvalue weighted by Crippen LogP contribution is 2.28. The second-order valence-electron chi connectivity index (χ2n) is 4.61. The molecule has 1 fully saturated rings. The first-order valence-corrected chi connectivity index (χ1v) is 6.56. The molecule has 0 aliphatic carbocycles. The SMILES string of the molecule is O=C(O)CC1C(=O)NCCN1Cc1c(O)cccc1Cl. The van der Waals surface area contributed by atoms with Crippen LogP contribution in [0.3, 0.4) is 0 Å². The van der Waals surface area contributed by atoms with Crippen molar-refractivity contribution < 1.29 is 19.8 Å². The van der Waals surface area contributed by atoms with E-state index in [1.54, 1.807) is 17.0 Å². The van der Waals surface area contributed by atoms with Crippen molar-refractivity contribution in [2.24, 2.45) is 0 Å². The highest BCUT2D eigenvalue weighted by Gasteiger charge is 2.32. The average molecular weight is 299 g/mol. The third kappa shape index (κ3) is 3.20. The summed E-state index contributed by atoms with van der Waals surface area (Å²) in [7, 11) is 0. The number of piperazine rings is 1. The van der Waals surface area contributed by atoms with E-state index in [0.717, 1.165) is 0 Å². The van der Waals surface area contributed by atoms with Gasteiger partial charge in [-0.2, -0.15) is 0 Å². The molecule has 1 saturated heterocycles. The summed E-state index contributed by atoms with van der Waals surface area (Å²) in [5.74, 6) is -1.32. The Bertz CT molecular complexity index is 515. The van der Waals surface area contributed by atoms with Crippen molar-refractivity contribution in [2.75, 3.05) is 13.1 Å². The van der Waals surface area contributed by atoms with Gasteiger partial charge in [-0.25, -0.2) is 0 Å². The molecule has 1 aliphatic rings. The van der Waals surface area contributed by atoms with Gasteiger partial charge in [-0.15, -0.1) is 0 Å². The molecule has 1 amide bonds. The zero-order valence-corrected chi connectivity index (χ0v) is 11.4. The maximum absolute atomic E-state index is 11.8. The van der Waals surface area contributed by atoms with Crippen molar-refractivity contribution >= 4 is 23.5 Å². The van der Waals surface area contributed by atoms with Crippen molar-refractivity contribution in [2.45, 2.75) is 19.0 Å². The van der Waals surface area contributed by atoms with Gasteiger partial charge in [-0.3, -0.25) is 14.5 Å². The van der Waals surface area contributed by atoms with Crippen LogP contribution in [0.5, 0.6) is 5.75 Å². The summed E-state index contributed by atoms with van der Waals surface area (Å²) in [4.78, 5) is 24.4. The molecular weight excluding hydrogens is 284 g/mol. The van der Waals surface area contributed by atoms with Gasteiger partial charge in [0.1, 0.15) is 11.8 Å². The third-order valence-corrected chi connectivity index (χ3v) is 3.62. The smallest absolute Gasteiger partial charge is 0.305 e. The van der Waals surface area contributed by atoms with Gasteiger partial charge < -0.3 is 15.5 Å². The molecule has 1 aromatic rings. The second kappa shape index (κ2) is 6.11. The number of aromatic hydroxyl groups is 1. The first-order valence-electron chi connectivity index (χ1n) is 6.19. The van der Waals surface area contributed by atoms with Crippen LogP contribution < -0.4 is 5.32 Å². The molecule has 1 aromatic carbocycles. The molecular formula is C13H15ClN2O4. The summed E-state index contributed by atoms with van der Waals surface area (Å²) in [5, 5.41) is 21.8. The number of aliphatic carboxylic acids is 1. The number of phenolic OH excluding ortho intramolecular Hbond substituents is 1. The Kier molecular flexibility index (Phi) is 4.46. The highest BCUT2D eigenvalue weighted by molar-refractivity contribution is 6.31. The molecule has 0 bridgehead atoms. The largest absolute Gasteiger partial charge is 0.508 e. The van der Waals surface area contributed by atoms with E-state index in [0.29, 0.717) is 23.7 Å². The molecule has 7 heteroatoms. The minimum atomic E-state index is -1.04. The van der Waals surface area contributed by atoms with Crippen molar-refractivity contribution in [3.05, 3.63) is 28.8 Å². The first-order chi connectivity index (χ1) is 9.49. The third-order valence-electron chi connectivity index (χ3n) is 3.26. The number of phenols is 1. The number of carbonyl (C=O) groups excluding carboxylic acids is 1. The van der Waals surface area contributed by atoms with Crippen LogP contribution in [0.2, 0.25) is 5.02 Å². The minimum Gasteiger partial charge on any atom is -0.508 e. The molecule has 1 atom stereocenters. The molecule has 108 valence electrons. The number of carboxylic acid groups (broad SMARTS) is 1. The summed E-state index contributed by atoms with van der Waals surface area (Å²) in [6.07, 6.45) is -0.281. The Morgan fingerprint density at radius 2 is 2.25 bits per heavy atom. The number of nitrogens with one attached hydrogen (secondary N) is 1. The van der Waals surface area contributed by atoms with Crippen molar-refractivity contribution in [1.29, 1.82) is 0 Å². The predicted octanol–water partition coefficient (Wildman–Crippen LogP) is 0.821. The fourth-order valence-corrected chi connectivity index (χ4v) is 2.47. The van der Waals surface area contributed by atoms with E-state index >= 15 is 0 Å². The van der Waals surface area contributed by atoms with E-state index in [1.165, 1.54) is 6.07 Å². The Labute approximate surface area is 121 Å². The van der Waals surface area contributed by atoms with Gasteiger partial charge in [0.15, 0.2) is 0 Å². The van der Waals surface area contributed by atoms with E-state index in [4.69, 9.17) is 16.7 Å². The molecule has 0 spiro atoms. The quantitative estimate of drug-likeness (QED) is 0.766. The van der Waals surface area contributed by atoms with Crippen LogP contribution in [0, 0.1) is 0 Å². The van der Waals surface area contributed by atoms with E-state index in [9.17, 15) is 14.7 Å². The lowest BCUT2D eigenvalue weighted by molar-refractivity contribution is -0.143. The number of carbonyl (C=O) groups is 2. The lowest BCUT2D eigenvalue weighted by Crippen LogP contribution is -2.55. The van der Waals surface area contributed by atoms with E-state index in [-0.39, 0.29) is 24.6 Å². The van der Waals surface area contributed by atoms with Crippen LogP contribution in [0.1, 0.15) is 12.0 Å². The van der Waals surface area contributed by atoms with Gasteiger partial charge in [-0.1, -0.05) is 17.7 Å². The Hall–Kier alpha value is -1.79. The second-order valence-corrected chi connectivity index (χ2v) is 5.02. The van der Waals surface area contributed by atoms with Crippen LogP contribution in [0.4, 0.5) is 0 Å². The van der Waals surface area contributed by atoms with Gasteiger partial charge in [0.2, 0.25) is 5.91 Å². The summed E-state index contributed by atoms with van der Waals surface area (Å²) < 4.78 is 0.